The van der Waals surface area contributed by atoms with E-state index in [0.717, 1.165) is 17.3 Å². The lowest BCUT2D eigenvalue weighted by Gasteiger charge is -2.12. The van der Waals surface area contributed by atoms with E-state index < -0.39 is 0 Å². The van der Waals surface area contributed by atoms with Crippen LogP contribution in [0.4, 0.5) is 10.5 Å². The van der Waals surface area contributed by atoms with E-state index in [9.17, 15) is 14.7 Å². The predicted octanol–water partition coefficient (Wildman–Crippen LogP) is 3.95. The van der Waals surface area contributed by atoms with Crippen molar-refractivity contribution < 1.29 is 19.4 Å². The highest BCUT2D eigenvalue weighted by Gasteiger charge is 2.36. The Hall–Kier alpha value is -2.73. The van der Waals surface area contributed by atoms with Gasteiger partial charge in [-0.3, -0.25) is 9.59 Å². The van der Waals surface area contributed by atoms with Crippen LogP contribution in [-0.4, -0.2) is 23.4 Å². The van der Waals surface area contributed by atoms with Crippen LogP contribution in [0.25, 0.3) is 6.08 Å². The van der Waals surface area contributed by atoms with Crippen molar-refractivity contribution in [2.75, 3.05) is 12.0 Å². The Kier molecular flexibility index (Phi) is 4.31. The molecule has 6 heteroatoms. The summed E-state index contributed by atoms with van der Waals surface area (Å²) in [4.78, 5) is 26.3. The minimum Gasteiger partial charge on any atom is -0.504 e. The molecule has 1 aliphatic heterocycles. The fourth-order valence-electron chi connectivity index (χ4n) is 2.39. The number of amides is 2. The molecule has 1 saturated heterocycles. The zero-order valence-corrected chi connectivity index (χ0v) is 14.0. The maximum Gasteiger partial charge on any atom is 0.298 e. The summed E-state index contributed by atoms with van der Waals surface area (Å²) in [6.45, 7) is 1.90. The van der Waals surface area contributed by atoms with Crippen molar-refractivity contribution in [1.82, 2.24) is 0 Å². The first-order valence-electron chi connectivity index (χ1n) is 7.21. The molecular weight excluding hydrogens is 326 g/mol. The summed E-state index contributed by atoms with van der Waals surface area (Å²) in [5.41, 5.74) is 2.20. The highest BCUT2D eigenvalue weighted by atomic mass is 32.2. The molecule has 0 aliphatic carbocycles. The molecule has 2 amide bonds. The third-order valence-electron chi connectivity index (χ3n) is 3.56. The van der Waals surface area contributed by atoms with E-state index in [0.29, 0.717) is 21.9 Å². The molecule has 0 bridgehead atoms. The van der Waals surface area contributed by atoms with Gasteiger partial charge in [0.05, 0.1) is 17.7 Å². The van der Waals surface area contributed by atoms with Gasteiger partial charge in [-0.2, -0.15) is 0 Å². The molecule has 1 N–H and O–H groups in total. The second kappa shape index (κ2) is 6.41. The Morgan fingerprint density at radius 1 is 1.17 bits per heavy atom. The fourth-order valence-corrected chi connectivity index (χ4v) is 3.23. The van der Waals surface area contributed by atoms with Gasteiger partial charge in [0.1, 0.15) is 0 Å². The van der Waals surface area contributed by atoms with Gasteiger partial charge in [0.2, 0.25) is 0 Å². The summed E-state index contributed by atoms with van der Waals surface area (Å²) in [7, 11) is 1.45. The van der Waals surface area contributed by atoms with Crippen LogP contribution in [0.5, 0.6) is 11.5 Å². The number of benzene rings is 2. The summed E-state index contributed by atoms with van der Waals surface area (Å²) in [6, 6.07) is 12.0. The largest absolute Gasteiger partial charge is 0.504 e. The van der Waals surface area contributed by atoms with Crippen molar-refractivity contribution in [2.45, 2.75) is 6.92 Å². The van der Waals surface area contributed by atoms with Crippen molar-refractivity contribution in [3.63, 3.8) is 0 Å². The van der Waals surface area contributed by atoms with Gasteiger partial charge in [0.25, 0.3) is 11.1 Å². The van der Waals surface area contributed by atoms with Crippen molar-refractivity contribution in [3.05, 3.63) is 58.5 Å². The topological polar surface area (TPSA) is 66.8 Å². The van der Waals surface area contributed by atoms with E-state index in [2.05, 4.69) is 0 Å². The Bertz CT molecular complexity index is 860. The highest BCUT2D eigenvalue weighted by molar-refractivity contribution is 8.19. The molecule has 0 atom stereocenters. The van der Waals surface area contributed by atoms with Crippen LogP contribution >= 0.6 is 11.8 Å². The fraction of sp³-hybridized carbons (Fsp3) is 0.111. The van der Waals surface area contributed by atoms with Crippen LogP contribution in [0.15, 0.2) is 47.4 Å². The van der Waals surface area contributed by atoms with Crippen LogP contribution in [0.3, 0.4) is 0 Å². The molecule has 1 aliphatic rings. The number of phenols is 1. The Morgan fingerprint density at radius 3 is 2.67 bits per heavy atom. The Morgan fingerprint density at radius 2 is 1.96 bits per heavy atom. The molecule has 3 rings (SSSR count). The Balaban J connectivity index is 1.94. The molecule has 1 fully saturated rings. The number of aromatic hydroxyl groups is 1. The van der Waals surface area contributed by atoms with E-state index in [1.54, 1.807) is 30.3 Å². The van der Waals surface area contributed by atoms with Gasteiger partial charge in [0, 0.05) is 0 Å². The summed E-state index contributed by atoms with van der Waals surface area (Å²) in [5.74, 6) is -0.0354. The number of anilines is 1. The van der Waals surface area contributed by atoms with E-state index in [-0.39, 0.29) is 16.9 Å². The number of ether oxygens (including phenoxy) is 1. The third kappa shape index (κ3) is 3.00. The number of rotatable bonds is 3. The maximum absolute atomic E-state index is 12.6. The molecule has 2 aromatic rings. The van der Waals surface area contributed by atoms with Gasteiger partial charge in [-0.25, -0.2) is 4.90 Å². The molecule has 0 unspecified atom stereocenters. The second-order valence-electron chi connectivity index (χ2n) is 5.29. The predicted molar refractivity (Wildman–Crippen MR) is 94.3 cm³/mol. The number of aryl methyl sites for hydroxylation is 1. The van der Waals surface area contributed by atoms with Crippen molar-refractivity contribution in [3.8, 4) is 11.5 Å². The lowest BCUT2D eigenvalue weighted by atomic mass is 10.1. The van der Waals surface area contributed by atoms with Gasteiger partial charge in [-0.15, -0.1) is 0 Å². The molecule has 0 saturated carbocycles. The summed E-state index contributed by atoms with van der Waals surface area (Å²) >= 11 is 0.890. The lowest BCUT2D eigenvalue weighted by molar-refractivity contribution is -0.113. The molecule has 0 spiro atoms. The van der Waals surface area contributed by atoms with E-state index in [1.807, 2.05) is 19.1 Å². The first-order chi connectivity index (χ1) is 11.5. The zero-order chi connectivity index (χ0) is 17.3. The number of hydrogen-bond donors (Lipinski definition) is 1. The van der Waals surface area contributed by atoms with Crippen molar-refractivity contribution in [1.29, 1.82) is 0 Å². The van der Waals surface area contributed by atoms with Crippen LogP contribution < -0.4 is 9.64 Å². The van der Waals surface area contributed by atoms with Crippen LogP contribution in [0, 0.1) is 6.92 Å². The van der Waals surface area contributed by atoms with Crippen molar-refractivity contribution in [2.24, 2.45) is 0 Å². The lowest BCUT2D eigenvalue weighted by Crippen LogP contribution is -2.27. The SMILES string of the molecule is COc1cc(C=C2SC(=O)N(c3cccc(C)c3)C2=O)ccc1O. The van der Waals surface area contributed by atoms with E-state index in [4.69, 9.17) is 4.74 Å². The van der Waals surface area contributed by atoms with Gasteiger partial charge < -0.3 is 9.84 Å². The van der Waals surface area contributed by atoms with E-state index >= 15 is 0 Å². The standard InChI is InChI=1S/C18H15NO4S/c1-11-4-3-5-13(8-11)19-17(21)16(24-18(19)22)10-12-6-7-14(20)15(9-12)23-2/h3-10,20H,1-2H3. The number of thioether (sulfide) groups is 1. The Labute approximate surface area is 143 Å². The van der Waals surface area contributed by atoms with Crippen LogP contribution in [0.1, 0.15) is 11.1 Å². The van der Waals surface area contributed by atoms with E-state index in [1.165, 1.54) is 18.1 Å². The normalized spacial score (nSPS) is 16.1. The van der Waals surface area contributed by atoms with Crippen LogP contribution in [-0.2, 0) is 4.79 Å². The third-order valence-corrected chi connectivity index (χ3v) is 4.42. The molecule has 24 heavy (non-hydrogen) atoms. The summed E-state index contributed by atoms with van der Waals surface area (Å²) in [6.07, 6.45) is 1.61. The molecule has 5 nitrogen and oxygen atoms in total. The highest BCUT2D eigenvalue weighted by Crippen LogP contribution is 2.36. The number of imide groups is 1. The second-order valence-corrected chi connectivity index (χ2v) is 6.28. The quantitative estimate of drug-likeness (QED) is 0.856. The number of nitrogens with zero attached hydrogens (tertiary/aromatic N) is 1. The van der Waals surface area contributed by atoms with Crippen molar-refractivity contribution >= 4 is 34.7 Å². The average Bonchev–Trinajstić information content (AvgIpc) is 2.83. The number of hydrogen-bond acceptors (Lipinski definition) is 5. The maximum atomic E-state index is 12.6. The van der Waals surface area contributed by atoms with Gasteiger partial charge in [-0.1, -0.05) is 18.2 Å². The van der Waals surface area contributed by atoms with Gasteiger partial charge >= 0.3 is 0 Å². The first-order valence-corrected chi connectivity index (χ1v) is 8.03. The zero-order valence-electron chi connectivity index (χ0n) is 13.1. The minimum atomic E-state index is -0.359. The van der Waals surface area contributed by atoms with Gasteiger partial charge in [0.15, 0.2) is 11.5 Å². The molecule has 0 radical (unpaired) electrons. The van der Waals surface area contributed by atoms with Gasteiger partial charge in [-0.05, 0) is 60.2 Å². The summed E-state index contributed by atoms with van der Waals surface area (Å²) in [5, 5.41) is 9.30. The molecule has 2 aromatic carbocycles. The monoisotopic (exact) mass is 341 g/mol. The molecule has 0 aromatic heterocycles. The minimum absolute atomic E-state index is 0.0162. The molecule has 1 heterocycles. The first kappa shape index (κ1) is 16.1. The number of methoxy groups -OCH3 is 1. The average molecular weight is 341 g/mol. The smallest absolute Gasteiger partial charge is 0.298 e. The number of phenolic OH excluding ortho intramolecular Hbond substituents is 1. The number of carbonyl (C=O) groups is 2. The molecular formula is C18H15NO4S. The number of carbonyl (C=O) groups excluding carboxylic acids is 2. The molecule has 122 valence electrons. The van der Waals surface area contributed by atoms with Crippen LogP contribution in [0.2, 0.25) is 0 Å². The summed E-state index contributed by atoms with van der Waals surface area (Å²) < 4.78 is 5.05.